The van der Waals surface area contributed by atoms with Crippen molar-refractivity contribution in [3.63, 3.8) is 0 Å². The van der Waals surface area contributed by atoms with E-state index < -0.39 is 0 Å². The monoisotopic (exact) mass is 281 g/mol. The molecule has 0 radical (unpaired) electrons. The Balaban J connectivity index is 1.87. The molecule has 21 heavy (non-hydrogen) atoms. The minimum Gasteiger partial charge on any atom is -0.381 e. The first kappa shape index (κ1) is 15.6. The highest BCUT2D eigenvalue weighted by Crippen LogP contribution is 2.16. The maximum Gasteiger partial charge on any atom is 0.0400 e. The molecule has 0 fully saturated rings. The average Bonchev–Trinajstić information content (AvgIpc) is 2.52. The summed E-state index contributed by atoms with van der Waals surface area (Å²) in [6, 6.07) is 17.8. The van der Waals surface area contributed by atoms with Crippen LogP contribution in [-0.2, 0) is 13.0 Å². The summed E-state index contributed by atoms with van der Waals surface area (Å²) < 4.78 is 0. The summed E-state index contributed by atoms with van der Waals surface area (Å²) in [4.78, 5) is 0. The molecule has 0 saturated heterocycles. The van der Waals surface area contributed by atoms with Gasteiger partial charge < -0.3 is 5.32 Å². The van der Waals surface area contributed by atoms with Crippen LogP contribution in [0.5, 0.6) is 0 Å². The molecule has 0 aliphatic rings. The summed E-state index contributed by atoms with van der Waals surface area (Å²) in [6.07, 6.45) is 3.72. The van der Waals surface area contributed by atoms with Crippen molar-refractivity contribution in [2.75, 3.05) is 5.32 Å². The van der Waals surface area contributed by atoms with Crippen LogP contribution in [0.1, 0.15) is 56.2 Å². The topological polar surface area (TPSA) is 12.0 Å². The van der Waals surface area contributed by atoms with Crippen LogP contribution in [0.25, 0.3) is 0 Å². The Bertz CT molecular complexity index is 523. The summed E-state index contributed by atoms with van der Waals surface area (Å²) in [5.74, 6) is 0.600. The summed E-state index contributed by atoms with van der Waals surface area (Å²) in [6.45, 7) is 7.58. The molecule has 1 nitrogen and oxygen atoms in total. The molecule has 1 heteroatoms. The standard InChI is InChI=1S/C20H27N/c1-4-5-6-17-9-13-20(14-10-17)21-15-18-7-11-19(12-8-18)16(2)3/h7-14,16,21H,4-6,15H2,1-3H3. The fourth-order valence-corrected chi connectivity index (χ4v) is 2.39. The van der Waals surface area contributed by atoms with Crippen LogP contribution in [0.2, 0.25) is 0 Å². The van der Waals surface area contributed by atoms with Crippen molar-refractivity contribution in [2.45, 2.75) is 52.5 Å². The Morgan fingerprint density at radius 2 is 1.48 bits per heavy atom. The third-order valence-electron chi connectivity index (χ3n) is 3.92. The lowest BCUT2D eigenvalue weighted by Gasteiger charge is -2.09. The average molecular weight is 281 g/mol. The lowest BCUT2D eigenvalue weighted by Crippen LogP contribution is -2.00. The Morgan fingerprint density at radius 1 is 0.857 bits per heavy atom. The highest BCUT2D eigenvalue weighted by Gasteiger charge is 1.99. The predicted octanol–water partition coefficient (Wildman–Crippen LogP) is 5.76. The minimum absolute atomic E-state index is 0.600. The zero-order chi connectivity index (χ0) is 15.1. The molecule has 2 rings (SSSR count). The molecule has 0 atom stereocenters. The number of benzene rings is 2. The zero-order valence-corrected chi connectivity index (χ0v) is 13.5. The van der Waals surface area contributed by atoms with E-state index in [2.05, 4.69) is 74.6 Å². The molecule has 0 amide bonds. The van der Waals surface area contributed by atoms with Crippen LogP contribution < -0.4 is 5.32 Å². The van der Waals surface area contributed by atoms with Crippen molar-refractivity contribution in [1.82, 2.24) is 0 Å². The third kappa shape index (κ3) is 4.93. The van der Waals surface area contributed by atoms with Gasteiger partial charge in [0.15, 0.2) is 0 Å². The lowest BCUT2D eigenvalue weighted by molar-refractivity contribution is 0.795. The Morgan fingerprint density at radius 3 is 2.05 bits per heavy atom. The molecule has 112 valence electrons. The van der Waals surface area contributed by atoms with E-state index in [0.29, 0.717) is 5.92 Å². The van der Waals surface area contributed by atoms with E-state index in [4.69, 9.17) is 0 Å². The van der Waals surface area contributed by atoms with Gasteiger partial charge in [-0.3, -0.25) is 0 Å². The number of aryl methyl sites for hydroxylation is 1. The summed E-state index contributed by atoms with van der Waals surface area (Å²) in [5, 5.41) is 3.49. The van der Waals surface area contributed by atoms with E-state index >= 15 is 0 Å². The lowest BCUT2D eigenvalue weighted by atomic mass is 10.0. The first-order valence-electron chi connectivity index (χ1n) is 8.10. The van der Waals surface area contributed by atoms with Gasteiger partial charge in [0.25, 0.3) is 0 Å². The Labute approximate surface area is 129 Å². The van der Waals surface area contributed by atoms with Crippen molar-refractivity contribution in [3.8, 4) is 0 Å². The van der Waals surface area contributed by atoms with E-state index in [9.17, 15) is 0 Å². The first-order chi connectivity index (χ1) is 10.2. The van der Waals surface area contributed by atoms with Gasteiger partial charge in [0.2, 0.25) is 0 Å². The van der Waals surface area contributed by atoms with Gasteiger partial charge in [-0.05, 0) is 47.6 Å². The zero-order valence-electron chi connectivity index (χ0n) is 13.5. The molecule has 0 bridgehead atoms. The van der Waals surface area contributed by atoms with Gasteiger partial charge in [0.05, 0.1) is 0 Å². The third-order valence-corrected chi connectivity index (χ3v) is 3.92. The van der Waals surface area contributed by atoms with Crippen molar-refractivity contribution in [3.05, 3.63) is 65.2 Å². The van der Waals surface area contributed by atoms with E-state index in [1.165, 1.54) is 41.6 Å². The molecular formula is C20H27N. The molecule has 0 aromatic heterocycles. The summed E-state index contributed by atoms with van der Waals surface area (Å²) >= 11 is 0. The van der Waals surface area contributed by atoms with Crippen LogP contribution >= 0.6 is 0 Å². The van der Waals surface area contributed by atoms with E-state index in [1.54, 1.807) is 0 Å². The van der Waals surface area contributed by atoms with Gasteiger partial charge in [0.1, 0.15) is 0 Å². The highest BCUT2D eigenvalue weighted by atomic mass is 14.9. The number of nitrogens with one attached hydrogen (secondary N) is 1. The Kier molecular flexibility index (Phi) is 5.86. The minimum atomic E-state index is 0.600. The van der Waals surface area contributed by atoms with E-state index in [1.807, 2.05) is 0 Å². The second kappa shape index (κ2) is 7.87. The van der Waals surface area contributed by atoms with Crippen LogP contribution in [0.3, 0.4) is 0 Å². The van der Waals surface area contributed by atoms with Crippen molar-refractivity contribution >= 4 is 5.69 Å². The molecule has 0 unspecified atom stereocenters. The molecule has 0 aliphatic carbocycles. The van der Waals surface area contributed by atoms with Gasteiger partial charge in [-0.2, -0.15) is 0 Å². The maximum absolute atomic E-state index is 3.49. The van der Waals surface area contributed by atoms with Crippen LogP contribution in [0.4, 0.5) is 5.69 Å². The largest absolute Gasteiger partial charge is 0.381 e. The van der Waals surface area contributed by atoms with Crippen LogP contribution in [-0.4, -0.2) is 0 Å². The molecule has 0 aliphatic heterocycles. The van der Waals surface area contributed by atoms with Crippen molar-refractivity contribution in [2.24, 2.45) is 0 Å². The van der Waals surface area contributed by atoms with E-state index in [-0.39, 0.29) is 0 Å². The molecule has 2 aromatic rings. The van der Waals surface area contributed by atoms with Gasteiger partial charge in [-0.25, -0.2) is 0 Å². The fourth-order valence-electron chi connectivity index (χ4n) is 2.39. The number of unbranched alkanes of at least 4 members (excludes halogenated alkanes) is 1. The first-order valence-corrected chi connectivity index (χ1v) is 8.10. The molecular weight excluding hydrogens is 254 g/mol. The molecule has 2 aromatic carbocycles. The van der Waals surface area contributed by atoms with Gasteiger partial charge >= 0.3 is 0 Å². The normalized spacial score (nSPS) is 10.9. The van der Waals surface area contributed by atoms with Gasteiger partial charge in [-0.15, -0.1) is 0 Å². The molecule has 1 N–H and O–H groups in total. The summed E-state index contributed by atoms with van der Waals surface area (Å²) in [7, 11) is 0. The number of hydrogen-bond donors (Lipinski definition) is 1. The van der Waals surface area contributed by atoms with Crippen molar-refractivity contribution in [1.29, 1.82) is 0 Å². The molecule has 0 heterocycles. The number of rotatable bonds is 7. The van der Waals surface area contributed by atoms with Crippen molar-refractivity contribution < 1.29 is 0 Å². The van der Waals surface area contributed by atoms with E-state index in [0.717, 1.165) is 6.54 Å². The molecule has 0 saturated carbocycles. The quantitative estimate of drug-likeness (QED) is 0.680. The fraction of sp³-hybridized carbons (Fsp3) is 0.400. The number of hydrogen-bond acceptors (Lipinski definition) is 1. The summed E-state index contributed by atoms with van der Waals surface area (Å²) in [5.41, 5.74) is 5.36. The second-order valence-electron chi connectivity index (χ2n) is 6.05. The number of anilines is 1. The maximum atomic E-state index is 3.49. The SMILES string of the molecule is CCCCc1ccc(NCc2ccc(C(C)C)cc2)cc1. The predicted molar refractivity (Wildman–Crippen MR) is 92.9 cm³/mol. The molecule has 0 spiro atoms. The Hall–Kier alpha value is -1.76. The van der Waals surface area contributed by atoms with Crippen LogP contribution in [0.15, 0.2) is 48.5 Å². The highest BCUT2D eigenvalue weighted by molar-refractivity contribution is 5.45. The smallest absolute Gasteiger partial charge is 0.0400 e. The van der Waals surface area contributed by atoms with Gasteiger partial charge in [-0.1, -0.05) is 63.6 Å². The van der Waals surface area contributed by atoms with Gasteiger partial charge in [0, 0.05) is 12.2 Å². The van der Waals surface area contributed by atoms with Crippen LogP contribution in [0, 0.1) is 0 Å². The second-order valence-corrected chi connectivity index (χ2v) is 6.05.